The number of rotatable bonds is 7. The standard InChI is InChI=1S/C9H21IN/c1-4-6-9(2)7-5-8-11-10-3/h9,11H,4-8H2,1-3H3/q-1/t9-/m1/s1. The quantitative estimate of drug-likeness (QED) is 0.283. The fourth-order valence-electron chi connectivity index (χ4n) is 1.25. The Morgan fingerprint density at radius 1 is 1.36 bits per heavy atom. The van der Waals surface area contributed by atoms with Gasteiger partial charge in [0.1, 0.15) is 0 Å². The summed E-state index contributed by atoms with van der Waals surface area (Å²) in [7, 11) is 0. The molecule has 0 aromatic carbocycles. The van der Waals surface area contributed by atoms with Gasteiger partial charge in [-0.3, -0.25) is 0 Å². The van der Waals surface area contributed by atoms with Crippen molar-refractivity contribution in [2.24, 2.45) is 5.92 Å². The van der Waals surface area contributed by atoms with Crippen LogP contribution in [0.1, 0.15) is 39.5 Å². The molecule has 0 aromatic heterocycles. The fraction of sp³-hybridized carbons (Fsp3) is 1.00. The molecule has 0 saturated carbocycles. The van der Waals surface area contributed by atoms with E-state index in [-0.39, 0.29) is 0 Å². The summed E-state index contributed by atoms with van der Waals surface area (Å²) in [5.41, 5.74) is 0. The summed E-state index contributed by atoms with van der Waals surface area (Å²) in [6, 6.07) is 0. The van der Waals surface area contributed by atoms with Crippen LogP contribution in [0.5, 0.6) is 0 Å². The zero-order valence-corrected chi connectivity index (χ0v) is 10.1. The molecule has 0 amide bonds. The van der Waals surface area contributed by atoms with Crippen molar-refractivity contribution < 1.29 is 21.5 Å². The van der Waals surface area contributed by atoms with E-state index in [1.807, 2.05) is 0 Å². The maximum absolute atomic E-state index is 3.46. The van der Waals surface area contributed by atoms with Gasteiger partial charge in [0, 0.05) is 0 Å². The predicted octanol–water partition coefficient (Wildman–Crippen LogP) is -0.574. The third kappa shape index (κ3) is 8.60. The molecule has 70 valence electrons. The second-order valence-corrected chi connectivity index (χ2v) is 4.95. The Bertz CT molecular complexity index is 76.0. The van der Waals surface area contributed by atoms with Crippen molar-refractivity contribution in [3.8, 4) is 0 Å². The van der Waals surface area contributed by atoms with Gasteiger partial charge in [0.25, 0.3) is 0 Å². The van der Waals surface area contributed by atoms with E-state index in [9.17, 15) is 0 Å². The van der Waals surface area contributed by atoms with Crippen LogP contribution in [0.15, 0.2) is 0 Å². The van der Waals surface area contributed by atoms with Gasteiger partial charge in [-0.15, -0.1) is 0 Å². The molecule has 0 aliphatic rings. The molecule has 0 saturated heterocycles. The summed E-state index contributed by atoms with van der Waals surface area (Å²) in [6.45, 7) is 5.88. The molecule has 0 unspecified atom stereocenters. The van der Waals surface area contributed by atoms with Crippen LogP contribution in [0.2, 0.25) is 0 Å². The van der Waals surface area contributed by atoms with Crippen LogP contribution in [0.3, 0.4) is 0 Å². The van der Waals surface area contributed by atoms with Crippen LogP contribution < -0.4 is 25.0 Å². The van der Waals surface area contributed by atoms with Gasteiger partial charge in [0.2, 0.25) is 0 Å². The van der Waals surface area contributed by atoms with Gasteiger partial charge >= 0.3 is 81.9 Å². The van der Waals surface area contributed by atoms with Crippen molar-refractivity contribution in [3.63, 3.8) is 0 Å². The van der Waals surface area contributed by atoms with E-state index in [1.54, 1.807) is 0 Å². The Labute approximate surface area is 82.0 Å². The van der Waals surface area contributed by atoms with Gasteiger partial charge in [-0.1, -0.05) is 0 Å². The Morgan fingerprint density at radius 2 is 2.09 bits per heavy atom. The number of alkyl halides is 1. The Morgan fingerprint density at radius 3 is 2.64 bits per heavy atom. The Kier molecular flexibility index (Phi) is 9.33. The molecule has 0 aliphatic heterocycles. The molecule has 0 fully saturated rings. The van der Waals surface area contributed by atoms with Crippen molar-refractivity contribution in [3.05, 3.63) is 0 Å². The summed E-state index contributed by atoms with van der Waals surface area (Å²) in [5, 5.41) is 0. The molecule has 0 spiro atoms. The third-order valence-electron chi connectivity index (χ3n) is 1.88. The van der Waals surface area contributed by atoms with Crippen LogP contribution in [-0.4, -0.2) is 11.5 Å². The van der Waals surface area contributed by atoms with Crippen molar-refractivity contribution in [2.45, 2.75) is 39.5 Å². The van der Waals surface area contributed by atoms with Gasteiger partial charge in [-0.25, -0.2) is 0 Å². The molecular formula is C9H21IN-. The second-order valence-electron chi connectivity index (χ2n) is 3.11. The topological polar surface area (TPSA) is 12.0 Å². The monoisotopic (exact) mass is 270 g/mol. The molecule has 1 atom stereocenters. The summed E-state index contributed by atoms with van der Waals surface area (Å²) >= 11 is 0.317. The van der Waals surface area contributed by atoms with E-state index in [1.165, 1.54) is 32.2 Å². The zero-order chi connectivity index (χ0) is 8.53. The van der Waals surface area contributed by atoms with E-state index in [2.05, 4.69) is 22.3 Å². The van der Waals surface area contributed by atoms with Gasteiger partial charge in [-0.05, 0) is 0 Å². The molecule has 0 radical (unpaired) electrons. The summed E-state index contributed by atoms with van der Waals surface area (Å²) in [5.74, 6) is 0.942. The SMILES string of the molecule is CCC[C@@H](C)CCCN[I-]C. The average Bonchev–Trinajstić information content (AvgIpc) is 1.99. The van der Waals surface area contributed by atoms with E-state index in [0.29, 0.717) is 21.5 Å². The molecule has 2 heteroatoms. The fourth-order valence-corrected chi connectivity index (χ4v) is 2.17. The second kappa shape index (κ2) is 8.78. The van der Waals surface area contributed by atoms with E-state index in [0.717, 1.165) is 5.92 Å². The molecule has 0 bridgehead atoms. The summed E-state index contributed by atoms with van der Waals surface area (Å²) in [6.07, 6.45) is 5.52. The first-order valence-corrected chi connectivity index (χ1v) is 7.76. The predicted molar refractivity (Wildman–Crippen MR) is 47.2 cm³/mol. The zero-order valence-electron chi connectivity index (χ0n) is 7.99. The molecule has 0 aliphatic carbocycles. The number of halogens is 1. The van der Waals surface area contributed by atoms with Crippen LogP contribution in [0.4, 0.5) is 0 Å². The first kappa shape index (κ1) is 11.7. The van der Waals surface area contributed by atoms with E-state index >= 15 is 0 Å². The molecular weight excluding hydrogens is 249 g/mol. The van der Waals surface area contributed by atoms with Crippen LogP contribution >= 0.6 is 0 Å². The van der Waals surface area contributed by atoms with Gasteiger partial charge < -0.3 is 0 Å². The molecule has 0 aromatic rings. The Hall–Kier alpha value is 0.690. The van der Waals surface area contributed by atoms with Crippen molar-refractivity contribution in [1.82, 2.24) is 3.53 Å². The molecule has 0 rings (SSSR count). The van der Waals surface area contributed by atoms with Crippen LogP contribution in [-0.2, 0) is 0 Å². The first-order chi connectivity index (χ1) is 5.31. The van der Waals surface area contributed by atoms with Crippen molar-refractivity contribution in [2.75, 3.05) is 11.5 Å². The maximum atomic E-state index is 3.46. The first-order valence-electron chi connectivity index (χ1n) is 4.52. The minimum absolute atomic E-state index is 0.317. The van der Waals surface area contributed by atoms with Crippen LogP contribution in [0.25, 0.3) is 0 Å². The number of nitrogens with one attached hydrogen (secondary N) is 1. The molecule has 1 nitrogen and oxygen atoms in total. The normalized spacial score (nSPS) is 13.7. The molecule has 1 N–H and O–H groups in total. The summed E-state index contributed by atoms with van der Waals surface area (Å²) in [4.78, 5) is 2.27. The minimum atomic E-state index is 0.317. The van der Waals surface area contributed by atoms with Gasteiger partial charge in [0.05, 0.1) is 0 Å². The van der Waals surface area contributed by atoms with Gasteiger partial charge in [-0.2, -0.15) is 0 Å². The van der Waals surface area contributed by atoms with Crippen molar-refractivity contribution >= 4 is 0 Å². The molecule has 11 heavy (non-hydrogen) atoms. The molecule has 0 heterocycles. The number of hydrogen-bond donors (Lipinski definition) is 1. The van der Waals surface area contributed by atoms with Gasteiger partial charge in [0.15, 0.2) is 0 Å². The number of hydrogen-bond acceptors (Lipinski definition) is 1. The summed E-state index contributed by atoms with van der Waals surface area (Å²) < 4.78 is 3.46. The van der Waals surface area contributed by atoms with Crippen LogP contribution in [0, 0.1) is 5.92 Å². The third-order valence-corrected chi connectivity index (χ3v) is 3.19. The average molecular weight is 270 g/mol. The van der Waals surface area contributed by atoms with Crippen molar-refractivity contribution in [1.29, 1.82) is 0 Å². The Balaban J connectivity index is 2.97. The van der Waals surface area contributed by atoms with E-state index < -0.39 is 0 Å². The van der Waals surface area contributed by atoms with E-state index in [4.69, 9.17) is 0 Å².